The zero-order chi connectivity index (χ0) is 16.5. The average Bonchev–Trinajstić information content (AvgIpc) is 3.07. The Morgan fingerprint density at radius 1 is 1.22 bits per heavy atom. The Morgan fingerprint density at radius 3 is 2.65 bits per heavy atom. The minimum absolute atomic E-state index is 0.409. The van der Waals surface area contributed by atoms with Gasteiger partial charge < -0.3 is 10.6 Å². The summed E-state index contributed by atoms with van der Waals surface area (Å²) in [5.41, 5.74) is 2.48. The Kier molecular flexibility index (Phi) is 6.66. The van der Waals surface area contributed by atoms with E-state index in [-0.39, 0.29) is 0 Å². The van der Waals surface area contributed by atoms with Crippen LogP contribution in [0.15, 0.2) is 47.7 Å². The van der Waals surface area contributed by atoms with Crippen LogP contribution in [-0.4, -0.2) is 28.3 Å². The zero-order valence-electron chi connectivity index (χ0n) is 14.3. The van der Waals surface area contributed by atoms with Crippen LogP contribution in [0.25, 0.3) is 0 Å². The normalized spacial score (nSPS) is 12.9. The molecule has 0 fully saturated rings. The van der Waals surface area contributed by atoms with E-state index in [1.807, 2.05) is 16.9 Å². The van der Waals surface area contributed by atoms with Gasteiger partial charge in [-0.05, 0) is 37.5 Å². The van der Waals surface area contributed by atoms with Gasteiger partial charge >= 0.3 is 0 Å². The topological polar surface area (TPSA) is 54.2 Å². The van der Waals surface area contributed by atoms with Crippen LogP contribution in [0.3, 0.4) is 0 Å². The molecule has 0 radical (unpaired) electrons. The van der Waals surface area contributed by atoms with E-state index in [0.717, 1.165) is 25.5 Å². The lowest BCUT2D eigenvalue weighted by Gasteiger charge is -2.16. The molecule has 2 aromatic rings. The first-order chi connectivity index (χ1) is 11.2. The molecule has 0 saturated carbocycles. The van der Waals surface area contributed by atoms with Gasteiger partial charge in [0, 0.05) is 25.0 Å². The number of benzene rings is 1. The van der Waals surface area contributed by atoms with Crippen molar-refractivity contribution in [3.63, 3.8) is 0 Å². The summed E-state index contributed by atoms with van der Waals surface area (Å²) in [5, 5.41) is 11.0. The maximum absolute atomic E-state index is 4.73. The van der Waals surface area contributed by atoms with Gasteiger partial charge in [0.15, 0.2) is 5.96 Å². The van der Waals surface area contributed by atoms with Gasteiger partial charge in [-0.25, -0.2) is 4.99 Å². The molecule has 2 rings (SSSR count). The molecular formula is C18H27N5. The number of aromatic nitrogens is 2. The first kappa shape index (κ1) is 17.1. The van der Waals surface area contributed by atoms with Gasteiger partial charge in [0.1, 0.15) is 0 Å². The minimum Gasteiger partial charge on any atom is -0.357 e. The molecule has 1 aromatic heterocycles. The number of nitrogens with one attached hydrogen (secondary N) is 2. The van der Waals surface area contributed by atoms with Crippen molar-refractivity contribution in [3.8, 4) is 0 Å². The van der Waals surface area contributed by atoms with Crippen LogP contribution in [-0.2, 0) is 13.1 Å². The van der Waals surface area contributed by atoms with Crippen molar-refractivity contribution in [2.75, 3.05) is 6.54 Å². The summed E-state index contributed by atoms with van der Waals surface area (Å²) in [7, 11) is 0. The Bertz CT molecular complexity index is 604. The van der Waals surface area contributed by atoms with Crippen molar-refractivity contribution in [1.29, 1.82) is 0 Å². The molecule has 5 nitrogen and oxygen atoms in total. The standard InChI is InChI=1S/C18H27N5/c1-4-15(3)22-18(19-5-2)20-13-16-9-6-7-10-17(16)14-23-12-8-11-21-23/h6-12,15H,4-5,13-14H2,1-3H3,(H2,19,20,22). The van der Waals surface area contributed by atoms with E-state index in [1.54, 1.807) is 6.20 Å². The molecule has 2 N–H and O–H groups in total. The maximum Gasteiger partial charge on any atom is 0.191 e. The smallest absolute Gasteiger partial charge is 0.191 e. The van der Waals surface area contributed by atoms with E-state index in [0.29, 0.717) is 12.6 Å². The molecule has 0 aliphatic heterocycles. The lowest BCUT2D eigenvalue weighted by atomic mass is 10.1. The third-order valence-corrected chi connectivity index (χ3v) is 3.76. The van der Waals surface area contributed by atoms with Gasteiger partial charge in [0.2, 0.25) is 0 Å². The molecule has 0 saturated heterocycles. The molecule has 0 spiro atoms. The fraction of sp³-hybridized carbons (Fsp3) is 0.444. The SMILES string of the molecule is CCNC(=NCc1ccccc1Cn1cccn1)NC(C)CC. The van der Waals surface area contributed by atoms with Crippen LogP contribution in [0.5, 0.6) is 0 Å². The predicted molar refractivity (Wildman–Crippen MR) is 95.5 cm³/mol. The highest BCUT2D eigenvalue weighted by atomic mass is 15.3. The number of aliphatic imine (C=N–C) groups is 1. The average molecular weight is 313 g/mol. The Balaban J connectivity index is 2.09. The molecule has 1 unspecified atom stereocenters. The quantitative estimate of drug-likeness (QED) is 0.610. The lowest BCUT2D eigenvalue weighted by molar-refractivity contribution is 0.624. The Hall–Kier alpha value is -2.30. The second-order valence-electron chi connectivity index (χ2n) is 5.62. The van der Waals surface area contributed by atoms with Crippen LogP contribution in [0.2, 0.25) is 0 Å². The number of rotatable bonds is 7. The van der Waals surface area contributed by atoms with E-state index >= 15 is 0 Å². The third kappa shape index (κ3) is 5.43. The van der Waals surface area contributed by atoms with Gasteiger partial charge in [-0.2, -0.15) is 5.10 Å². The maximum atomic E-state index is 4.73. The second-order valence-corrected chi connectivity index (χ2v) is 5.62. The summed E-state index contributed by atoms with van der Waals surface area (Å²) < 4.78 is 1.94. The summed E-state index contributed by atoms with van der Waals surface area (Å²) >= 11 is 0. The van der Waals surface area contributed by atoms with Gasteiger partial charge in [-0.15, -0.1) is 0 Å². The van der Waals surface area contributed by atoms with Crippen molar-refractivity contribution in [3.05, 3.63) is 53.9 Å². The largest absolute Gasteiger partial charge is 0.357 e. The first-order valence-corrected chi connectivity index (χ1v) is 8.32. The van der Waals surface area contributed by atoms with Gasteiger partial charge in [0.25, 0.3) is 0 Å². The number of hydrogen-bond donors (Lipinski definition) is 2. The van der Waals surface area contributed by atoms with Crippen molar-refractivity contribution in [2.24, 2.45) is 4.99 Å². The Labute approximate surface area is 138 Å². The summed E-state index contributed by atoms with van der Waals surface area (Å²) in [6, 6.07) is 10.8. The van der Waals surface area contributed by atoms with Crippen LogP contribution >= 0.6 is 0 Å². The molecule has 5 heteroatoms. The second kappa shape index (κ2) is 8.98. The molecule has 0 aliphatic carbocycles. The van der Waals surface area contributed by atoms with E-state index in [9.17, 15) is 0 Å². The monoisotopic (exact) mass is 313 g/mol. The highest BCUT2D eigenvalue weighted by Gasteiger charge is 2.05. The molecule has 0 bridgehead atoms. The van der Waals surface area contributed by atoms with E-state index < -0.39 is 0 Å². The number of nitrogens with zero attached hydrogens (tertiary/aromatic N) is 3. The molecule has 124 valence electrons. The van der Waals surface area contributed by atoms with Crippen molar-refractivity contribution < 1.29 is 0 Å². The number of hydrogen-bond acceptors (Lipinski definition) is 2. The van der Waals surface area contributed by atoms with Gasteiger partial charge in [-0.3, -0.25) is 4.68 Å². The highest BCUT2D eigenvalue weighted by molar-refractivity contribution is 5.80. The van der Waals surface area contributed by atoms with Gasteiger partial charge in [-0.1, -0.05) is 31.2 Å². The van der Waals surface area contributed by atoms with E-state index in [1.165, 1.54) is 11.1 Å². The zero-order valence-corrected chi connectivity index (χ0v) is 14.3. The lowest BCUT2D eigenvalue weighted by Crippen LogP contribution is -2.41. The molecular weight excluding hydrogens is 286 g/mol. The summed E-state index contributed by atoms with van der Waals surface area (Å²) in [6.45, 7) is 8.70. The van der Waals surface area contributed by atoms with Crippen molar-refractivity contribution in [2.45, 2.75) is 46.3 Å². The Morgan fingerprint density at radius 2 is 2.00 bits per heavy atom. The minimum atomic E-state index is 0.409. The summed E-state index contributed by atoms with van der Waals surface area (Å²) in [5.74, 6) is 0.871. The van der Waals surface area contributed by atoms with Crippen LogP contribution in [0.1, 0.15) is 38.3 Å². The molecule has 1 heterocycles. The van der Waals surface area contributed by atoms with Crippen molar-refractivity contribution >= 4 is 5.96 Å². The summed E-state index contributed by atoms with van der Waals surface area (Å²) in [6.07, 6.45) is 4.86. The molecule has 1 aromatic carbocycles. The van der Waals surface area contributed by atoms with Gasteiger partial charge in [0.05, 0.1) is 13.1 Å². The first-order valence-electron chi connectivity index (χ1n) is 8.32. The highest BCUT2D eigenvalue weighted by Crippen LogP contribution is 2.11. The molecule has 0 amide bonds. The fourth-order valence-electron chi connectivity index (χ4n) is 2.25. The van der Waals surface area contributed by atoms with E-state index in [2.05, 4.69) is 60.8 Å². The summed E-state index contributed by atoms with van der Waals surface area (Å²) in [4.78, 5) is 4.73. The molecule has 23 heavy (non-hydrogen) atoms. The van der Waals surface area contributed by atoms with Crippen LogP contribution in [0, 0.1) is 0 Å². The number of guanidine groups is 1. The third-order valence-electron chi connectivity index (χ3n) is 3.76. The van der Waals surface area contributed by atoms with E-state index in [4.69, 9.17) is 4.99 Å². The van der Waals surface area contributed by atoms with Crippen LogP contribution < -0.4 is 10.6 Å². The molecule has 0 aliphatic rings. The van der Waals surface area contributed by atoms with Crippen LogP contribution in [0.4, 0.5) is 0 Å². The molecule has 1 atom stereocenters. The predicted octanol–water partition coefficient (Wildman–Crippen LogP) is 2.79. The fourth-order valence-corrected chi connectivity index (χ4v) is 2.25. The van der Waals surface area contributed by atoms with Crippen molar-refractivity contribution in [1.82, 2.24) is 20.4 Å².